The molecule has 0 aliphatic rings. The molecule has 2 aromatic rings. The van der Waals surface area contributed by atoms with Gasteiger partial charge in [0.15, 0.2) is 0 Å². The number of carbonyl (C=O) groups is 1. The second-order valence-electron chi connectivity index (χ2n) is 4.28. The Morgan fingerprint density at radius 3 is 2.95 bits per heavy atom. The molecule has 0 saturated carbocycles. The van der Waals surface area contributed by atoms with E-state index in [4.69, 9.17) is 9.47 Å². The number of esters is 1. The van der Waals surface area contributed by atoms with Crippen molar-refractivity contribution in [3.8, 4) is 5.75 Å². The van der Waals surface area contributed by atoms with Gasteiger partial charge < -0.3 is 14.5 Å². The minimum Gasteiger partial charge on any atom is -0.463 e. The summed E-state index contributed by atoms with van der Waals surface area (Å²) in [4.78, 5) is 14.6. The molecule has 1 aromatic carbocycles. The summed E-state index contributed by atoms with van der Waals surface area (Å²) in [6.07, 6.45) is 1.35. The molecule has 0 amide bonds. The number of allylic oxidation sites excluding steroid dienone is 1. The van der Waals surface area contributed by atoms with Gasteiger partial charge >= 0.3 is 5.97 Å². The summed E-state index contributed by atoms with van der Waals surface area (Å²) in [7, 11) is 0. The standard InChI is InChI=1S/C15H17NO3/c1-4-18-15(17)9-11(3)19-14-7-5-6-13-12(14)8-10(2)16-13/h5-9,16H,4H2,1-3H3/b11-9+. The van der Waals surface area contributed by atoms with Crippen molar-refractivity contribution < 1.29 is 14.3 Å². The zero-order valence-electron chi connectivity index (χ0n) is 11.3. The number of aromatic nitrogens is 1. The zero-order chi connectivity index (χ0) is 13.8. The number of nitrogens with one attached hydrogen (secondary N) is 1. The lowest BCUT2D eigenvalue weighted by Gasteiger charge is -2.07. The van der Waals surface area contributed by atoms with E-state index in [-0.39, 0.29) is 0 Å². The Morgan fingerprint density at radius 1 is 1.42 bits per heavy atom. The van der Waals surface area contributed by atoms with E-state index in [2.05, 4.69) is 4.98 Å². The Hall–Kier alpha value is -2.23. The number of aromatic amines is 1. The fourth-order valence-corrected chi connectivity index (χ4v) is 1.91. The number of rotatable bonds is 4. The zero-order valence-corrected chi connectivity index (χ0v) is 11.3. The summed E-state index contributed by atoms with van der Waals surface area (Å²) in [6.45, 7) is 5.85. The number of fused-ring (bicyclic) bond motifs is 1. The van der Waals surface area contributed by atoms with E-state index in [1.54, 1.807) is 13.8 Å². The first-order chi connectivity index (χ1) is 9.10. The molecule has 0 radical (unpaired) electrons. The van der Waals surface area contributed by atoms with Crippen molar-refractivity contribution in [1.29, 1.82) is 0 Å². The van der Waals surface area contributed by atoms with Gasteiger partial charge in [-0.3, -0.25) is 0 Å². The Balaban J connectivity index is 2.23. The Bertz CT molecular complexity index is 625. The van der Waals surface area contributed by atoms with Gasteiger partial charge in [0, 0.05) is 16.6 Å². The van der Waals surface area contributed by atoms with Gasteiger partial charge in [0.25, 0.3) is 0 Å². The highest BCUT2D eigenvalue weighted by Gasteiger charge is 2.06. The molecule has 0 aliphatic carbocycles. The molecule has 0 fully saturated rings. The second-order valence-corrected chi connectivity index (χ2v) is 4.28. The minimum atomic E-state index is -0.391. The average molecular weight is 259 g/mol. The van der Waals surface area contributed by atoms with Gasteiger partial charge in [-0.15, -0.1) is 0 Å². The first kappa shape index (κ1) is 13.2. The van der Waals surface area contributed by atoms with Crippen LogP contribution in [0.2, 0.25) is 0 Å². The van der Waals surface area contributed by atoms with Crippen LogP contribution in [0.4, 0.5) is 0 Å². The van der Waals surface area contributed by atoms with E-state index in [1.807, 2.05) is 31.2 Å². The highest BCUT2D eigenvalue weighted by atomic mass is 16.5. The van der Waals surface area contributed by atoms with Gasteiger partial charge in [-0.2, -0.15) is 0 Å². The van der Waals surface area contributed by atoms with Crippen LogP contribution in [-0.2, 0) is 9.53 Å². The van der Waals surface area contributed by atoms with Crippen LogP contribution in [0.15, 0.2) is 36.1 Å². The maximum atomic E-state index is 11.3. The maximum Gasteiger partial charge on any atom is 0.334 e. The van der Waals surface area contributed by atoms with Gasteiger partial charge in [0.2, 0.25) is 0 Å². The average Bonchev–Trinajstić information content (AvgIpc) is 2.70. The summed E-state index contributed by atoms with van der Waals surface area (Å²) in [5, 5.41) is 0.997. The fraction of sp³-hybridized carbons (Fsp3) is 0.267. The first-order valence-electron chi connectivity index (χ1n) is 6.21. The molecule has 0 bridgehead atoms. The molecule has 1 aromatic heterocycles. The van der Waals surface area contributed by atoms with Crippen LogP contribution in [0, 0.1) is 6.92 Å². The monoisotopic (exact) mass is 259 g/mol. The van der Waals surface area contributed by atoms with Crippen LogP contribution < -0.4 is 4.74 Å². The highest BCUT2D eigenvalue weighted by Crippen LogP contribution is 2.27. The van der Waals surface area contributed by atoms with Gasteiger partial charge in [-0.25, -0.2) is 4.79 Å². The number of aryl methyl sites for hydroxylation is 1. The van der Waals surface area contributed by atoms with Crippen LogP contribution >= 0.6 is 0 Å². The molecule has 2 rings (SSSR count). The molecule has 100 valence electrons. The number of hydrogen-bond acceptors (Lipinski definition) is 3. The Morgan fingerprint density at radius 2 is 2.21 bits per heavy atom. The van der Waals surface area contributed by atoms with Gasteiger partial charge in [-0.1, -0.05) is 6.07 Å². The predicted molar refractivity (Wildman–Crippen MR) is 74.1 cm³/mol. The van der Waals surface area contributed by atoms with E-state index in [1.165, 1.54) is 6.08 Å². The number of carbonyl (C=O) groups excluding carboxylic acids is 1. The third kappa shape index (κ3) is 3.16. The molecule has 1 N–H and O–H groups in total. The fourth-order valence-electron chi connectivity index (χ4n) is 1.91. The molecule has 4 heteroatoms. The largest absolute Gasteiger partial charge is 0.463 e. The SMILES string of the molecule is CCOC(=O)/C=C(\C)Oc1cccc2[nH]c(C)cc12. The van der Waals surface area contributed by atoms with Crippen LogP contribution in [0.3, 0.4) is 0 Å². The van der Waals surface area contributed by atoms with E-state index in [0.29, 0.717) is 12.4 Å². The smallest absolute Gasteiger partial charge is 0.334 e. The quantitative estimate of drug-likeness (QED) is 0.520. The number of benzene rings is 1. The summed E-state index contributed by atoms with van der Waals surface area (Å²) in [5.74, 6) is 0.835. The maximum absolute atomic E-state index is 11.3. The minimum absolute atomic E-state index is 0.356. The van der Waals surface area contributed by atoms with Crippen molar-refractivity contribution >= 4 is 16.9 Å². The summed E-state index contributed by atoms with van der Waals surface area (Å²) < 4.78 is 10.5. The molecule has 0 saturated heterocycles. The van der Waals surface area contributed by atoms with Crippen molar-refractivity contribution in [3.05, 3.63) is 41.8 Å². The third-order valence-corrected chi connectivity index (χ3v) is 2.64. The van der Waals surface area contributed by atoms with Gasteiger partial charge in [-0.05, 0) is 39.0 Å². The number of hydrogen-bond donors (Lipinski definition) is 1. The van der Waals surface area contributed by atoms with E-state index in [0.717, 1.165) is 22.3 Å². The van der Waals surface area contributed by atoms with Gasteiger partial charge in [0.05, 0.1) is 12.7 Å². The lowest BCUT2D eigenvalue weighted by atomic mass is 10.2. The van der Waals surface area contributed by atoms with E-state index >= 15 is 0 Å². The first-order valence-corrected chi connectivity index (χ1v) is 6.21. The molecule has 19 heavy (non-hydrogen) atoms. The lowest BCUT2D eigenvalue weighted by molar-refractivity contribution is -0.137. The Labute approximate surface area is 112 Å². The van der Waals surface area contributed by atoms with E-state index in [9.17, 15) is 4.79 Å². The van der Waals surface area contributed by atoms with Crippen LogP contribution in [0.1, 0.15) is 19.5 Å². The van der Waals surface area contributed by atoms with Crippen LogP contribution in [-0.4, -0.2) is 17.6 Å². The molecule has 1 heterocycles. The molecule has 0 atom stereocenters. The van der Waals surface area contributed by atoms with Crippen molar-refractivity contribution in [2.75, 3.05) is 6.61 Å². The van der Waals surface area contributed by atoms with Crippen molar-refractivity contribution in [2.45, 2.75) is 20.8 Å². The molecular weight excluding hydrogens is 242 g/mol. The number of ether oxygens (including phenoxy) is 2. The van der Waals surface area contributed by atoms with Crippen LogP contribution in [0.5, 0.6) is 5.75 Å². The third-order valence-electron chi connectivity index (χ3n) is 2.64. The molecular formula is C15H17NO3. The topological polar surface area (TPSA) is 51.3 Å². The summed E-state index contributed by atoms with van der Waals surface area (Å²) in [5.41, 5.74) is 2.08. The van der Waals surface area contributed by atoms with E-state index < -0.39 is 5.97 Å². The van der Waals surface area contributed by atoms with Gasteiger partial charge in [0.1, 0.15) is 11.5 Å². The second kappa shape index (κ2) is 5.61. The normalized spacial score (nSPS) is 11.6. The molecule has 4 nitrogen and oxygen atoms in total. The highest BCUT2D eigenvalue weighted by molar-refractivity contribution is 5.87. The van der Waals surface area contributed by atoms with Crippen molar-refractivity contribution in [3.63, 3.8) is 0 Å². The van der Waals surface area contributed by atoms with Crippen LogP contribution in [0.25, 0.3) is 10.9 Å². The lowest BCUT2D eigenvalue weighted by Crippen LogP contribution is -2.02. The molecule has 0 aliphatic heterocycles. The molecule has 0 unspecified atom stereocenters. The van der Waals surface area contributed by atoms with Crippen molar-refractivity contribution in [2.24, 2.45) is 0 Å². The Kier molecular flexibility index (Phi) is 3.90. The number of H-pyrrole nitrogens is 1. The predicted octanol–water partition coefficient (Wildman–Crippen LogP) is 3.32. The summed E-state index contributed by atoms with van der Waals surface area (Å²) in [6, 6.07) is 7.78. The van der Waals surface area contributed by atoms with Crippen molar-refractivity contribution in [1.82, 2.24) is 4.98 Å². The summed E-state index contributed by atoms with van der Waals surface area (Å²) >= 11 is 0. The molecule has 0 spiro atoms.